The van der Waals surface area contributed by atoms with E-state index >= 15 is 0 Å². The zero-order valence-electron chi connectivity index (χ0n) is 19.0. The predicted molar refractivity (Wildman–Crippen MR) is 131 cm³/mol. The molecule has 0 aliphatic carbocycles. The molecule has 2 aromatic carbocycles. The van der Waals surface area contributed by atoms with Crippen LogP contribution >= 0.6 is 11.6 Å². The minimum atomic E-state index is -0.0548. The third-order valence-corrected chi connectivity index (χ3v) is 6.69. The Morgan fingerprint density at radius 2 is 1.65 bits per heavy atom. The van der Waals surface area contributed by atoms with Crippen LogP contribution in [0.3, 0.4) is 0 Å². The maximum absolute atomic E-state index is 13.2. The van der Waals surface area contributed by atoms with Gasteiger partial charge in [-0.2, -0.15) is 0 Å². The first-order valence-corrected chi connectivity index (χ1v) is 12.1. The minimum absolute atomic E-state index is 0.0400. The fraction of sp³-hybridized carbons (Fsp3) is 0.333. The molecule has 1 aromatic heterocycles. The average molecular weight is 478 g/mol. The van der Waals surface area contributed by atoms with E-state index in [1.165, 1.54) is 11.1 Å². The monoisotopic (exact) mass is 477 g/mol. The third kappa shape index (κ3) is 5.09. The van der Waals surface area contributed by atoms with Crippen molar-refractivity contribution in [3.8, 4) is 5.88 Å². The fourth-order valence-electron chi connectivity index (χ4n) is 4.64. The Bertz CT molecular complexity index is 1060. The van der Waals surface area contributed by atoms with Crippen LogP contribution in [0.5, 0.6) is 5.88 Å². The van der Waals surface area contributed by atoms with Crippen molar-refractivity contribution in [1.29, 1.82) is 0 Å². The molecule has 7 heteroatoms. The number of amides is 1. The van der Waals surface area contributed by atoms with Gasteiger partial charge in [-0.1, -0.05) is 72.3 Å². The van der Waals surface area contributed by atoms with Crippen molar-refractivity contribution in [2.24, 2.45) is 0 Å². The summed E-state index contributed by atoms with van der Waals surface area (Å²) in [5.74, 6) is 0.299. The normalized spacial score (nSPS) is 18.9. The smallest absolute Gasteiger partial charge is 0.255 e. The minimum Gasteiger partial charge on any atom is -0.471 e. The SMILES string of the molecule is O=C(c1cnc(OC2CCOC2)c(Cl)c1)N1CCN(C(c2ccccc2)c2ccccc2)CC1. The summed E-state index contributed by atoms with van der Waals surface area (Å²) >= 11 is 6.38. The average Bonchev–Trinajstić information content (AvgIpc) is 3.40. The van der Waals surface area contributed by atoms with E-state index in [0.29, 0.717) is 42.8 Å². The molecule has 0 spiro atoms. The van der Waals surface area contributed by atoms with Crippen LogP contribution in [0.1, 0.15) is 33.9 Å². The molecule has 1 atom stereocenters. The van der Waals surface area contributed by atoms with Crippen molar-refractivity contribution in [2.75, 3.05) is 39.4 Å². The summed E-state index contributed by atoms with van der Waals surface area (Å²) in [4.78, 5) is 21.8. The number of pyridine rings is 1. The number of benzene rings is 2. The molecule has 2 aliphatic rings. The van der Waals surface area contributed by atoms with E-state index < -0.39 is 0 Å². The molecular formula is C27H28ClN3O3. The van der Waals surface area contributed by atoms with Crippen LogP contribution in [-0.4, -0.2) is 66.2 Å². The van der Waals surface area contributed by atoms with E-state index in [9.17, 15) is 4.79 Å². The summed E-state index contributed by atoms with van der Waals surface area (Å²) in [6, 6.07) is 22.9. The summed E-state index contributed by atoms with van der Waals surface area (Å²) < 4.78 is 11.1. The summed E-state index contributed by atoms with van der Waals surface area (Å²) in [5.41, 5.74) is 3.00. The summed E-state index contributed by atoms with van der Waals surface area (Å²) in [6.07, 6.45) is 2.33. The second kappa shape index (κ2) is 10.6. The molecule has 1 amide bonds. The van der Waals surface area contributed by atoms with Crippen LogP contribution < -0.4 is 4.74 Å². The number of hydrogen-bond acceptors (Lipinski definition) is 5. The molecule has 6 nitrogen and oxygen atoms in total. The highest BCUT2D eigenvalue weighted by atomic mass is 35.5. The number of ether oxygens (including phenoxy) is 2. The number of rotatable bonds is 6. The van der Waals surface area contributed by atoms with Crippen molar-refractivity contribution >= 4 is 17.5 Å². The number of piperazine rings is 1. The Morgan fingerprint density at radius 1 is 1.00 bits per heavy atom. The van der Waals surface area contributed by atoms with E-state index in [-0.39, 0.29) is 18.1 Å². The fourth-order valence-corrected chi connectivity index (χ4v) is 4.85. The number of carbonyl (C=O) groups is 1. The summed E-state index contributed by atoms with van der Waals surface area (Å²) in [7, 11) is 0. The Balaban J connectivity index is 1.26. The Hall–Kier alpha value is -2.93. The lowest BCUT2D eigenvalue weighted by Crippen LogP contribution is -2.49. The first kappa shape index (κ1) is 22.8. The first-order chi connectivity index (χ1) is 16.7. The van der Waals surface area contributed by atoms with E-state index in [2.05, 4.69) is 58.4 Å². The molecule has 2 fully saturated rings. The van der Waals surface area contributed by atoms with Gasteiger partial charge in [0.25, 0.3) is 5.91 Å². The van der Waals surface area contributed by atoms with Gasteiger partial charge in [0, 0.05) is 38.8 Å². The largest absolute Gasteiger partial charge is 0.471 e. The van der Waals surface area contributed by atoms with Crippen LogP contribution in [-0.2, 0) is 4.74 Å². The lowest BCUT2D eigenvalue weighted by molar-refractivity contribution is 0.0596. The molecule has 0 bridgehead atoms. The maximum atomic E-state index is 13.2. The van der Waals surface area contributed by atoms with Crippen molar-refractivity contribution in [1.82, 2.24) is 14.8 Å². The number of aromatic nitrogens is 1. The van der Waals surface area contributed by atoms with E-state index in [0.717, 1.165) is 19.5 Å². The van der Waals surface area contributed by atoms with Crippen LogP contribution in [0.15, 0.2) is 72.9 Å². The molecule has 0 saturated carbocycles. The molecule has 34 heavy (non-hydrogen) atoms. The quantitative estimate of drug-likeness (QED) is 0.525. The molecule has 0 radical (unpaired) electrons. The standard InChI is InChI=1S/C27H28ClN3O3/c28-24-17-22(18-29-26(24)34-23-11-16-33-19-23)27(32)31-14-12-30(13-15-31)25(20-7-3-1-4-8-20)21-9-5-2-6-10-21/h1-10,17-18,23,25H,11-16,19H2. The van der Waals surface area contributed by atoms with Crippen LogP contribution in [0.25, 0.3) is 0 Å². The lowest BCUT2D eigenvalue weighted by atomic mass is 9.96. The molecule has 176 valence electrons. The predicted octanol–water partition coefficient (Wildman–Crippen LogP) is 4.45. The Kier molecular flexibility index (Phi) is 7.09. The van der Waals surface area contributed by atoms with E-state index in [4.69, 9.17) is 21.1 Å². The number of hydrogen-bond donors (Lipinski definition) is 0. The molecule has 3 heterocycles. The van der Waals surface area contributed by atoms with Gasteiger partial charge in [0.1, 0.15) is 11.1 Å². The third-order valence-electron chi connectivity index (χ3n) is 6.42. The summed E-state index contributed by atoms with van der Waals surface area (Å²) in [6.45, 7) is 4.07. The maximum Gasteiger partial charge on any atom is 0.255 e. The molecule has 1 unspecified atom stereocenters. The molecule has 2 saturated heterocycles. The molecule has 5 rings (SSSR count). The van der Waals surface area contributed by atoms with Gasteiger partial charge in [-0.3, -0.25) is 9.69 Å². The van der Waals surface area contributed by atoms with Gasteiger partial charge in [-0.25, -0.2) is 4.98 Å². The Labute approximate surface area is 205 Å². The zero-order valence-corrected chi connectivity index (χ0v) is 19.7. The van der Waals surface area contributed by atoms with Crippen molar-refractivity contribution < 1.29 is 14.3 Å². The highest BCUT2D eigenvalue weighted by Gasteiger charge is 2.29. The van der Waals surface area contributed by atoms with Gasteiger partial charge in [0.05, 0.1) is 24.8 Å². The highest BCUT2D eigenvalue weighted by Crippen LogP contribution is 2.30. The van der Waals surface area contributed by atoms with Gasteiger partial charge >= 0.3 is 0 Å². The number of halogens is 1. The second-order valence-corrected chi connectivity index (χ2v) is 9.07. The Morgan fingerprint density at radius 3 is 2.21 bits per heavy atom. The van der Waals surface area contributed by atoms with E-state index in [1.54, 1.807) is 12.3 Å². The van der Waals surface area contributed by atoms with Gasteiger partial charge in [0.15, 0.2) is 0 Å². The van der Waals surface area contributed by atoms with Crippen LogP contribution in [0.2, 0.25) is 5.02 Å². The second-order valence-electron chi connectivity index (χ2n) is 8.67. The lowest BCUT2D eigenvalue weighted by Gasteiger charge is -2.39. The zero-order chi connectivity index (χ0) is 23.3. The highest BCUT2D eigenvalue weighted by molar-refractivity contribution is 6.32. The van der Waals surface area contributed by atoms with Gasteiger partial charge in [-0.05, 0) is 17.2 Å². The van der Waals surface area contributed by atoms with Crippen LogP contribution in [0, 0.1) is 0 Å². The number of carbonyl (C=O) groups excluding carboxylic acids is 1. The van der Waals surface area contributed by atoms with Gasteiger partial charge < -0.3 is 14.4 Å². The topological polar surface area (TPSA) is 54.9 Å². The molecule has 3 aromatic rings. The van der Waals surface area contributed by atoms with Crippen molar-refractivity contribution in [3.05, 3.63) is 94.6 Å². The van der Waals surface area contributed by atoms with E-state index in [1.807, 2.05) is 17.0 Å². The van der Waals surface area contributed by atoms with Crippen LogP contribution in [0.4, 0.5) is 0 Å². The van der Waals surface area contributed by atoms with Crippen molar-refractivity contribution in [3.63, 3.8) is 0 Å². The number of nitrogens with zero attached hydrogens (tertiary/aromatic N) is 3. The first-order valence-electron chi connectivity index (χ1n) is 11.7. The van der Waals surface area contributed by atoms with Gasteiger partial charge in [-0.15, -0.1) is 0 Å². The molecule has 0 N–H and O–H groups in total. The molecule has 2 aliphatic heterocycles. The summed E-state index contributed by atoms with van der Waals surface area (Å²) in [5, 5.41) is 0.351. The van der Waals surface area contributed by atoms with Gasteiger partial charge in [0.2, 0.25) is 5.88 Å². The molecular weight excluding hydrogens is 450 g/mol. The van der Waals surface area contributed by atoms with Crippen molar-refractivity contribution in [2.45, 2.75) is 18.6 Å².